The molecule has 0 fully saturated rings. The molecule has 1 amide bonds. The Morgan fingerprint density at radius 2 is 0.536 bits per heavy atom. The Morgan fingerprint density at radius 1 is 0.298 bits per heavy atom. The zero-order valence-corrected chi connectivity index (χ0v) is 55.1. The number of carbonyl (C=O) groups is 1. The first-order valence-corrected chi connectivity index (χ1v) is 35.7. The molecule has 0 bridgehead atoms. The second-order valence-corrected chi connectivity index (χ2v) is 23.6. The van der Waals surface area contributed by atoms with Gasteiger partial charge in [-0.05, 0) is 116 Å². The molecule has 2 atom stereocenters. The first kappa shape index (κ1) is 80.0. The summed E-state index contributed by atoms with van der Waals surface area (Å²) in [6.07, 6.45) is 116. The van der Waals surface area contributed by atoms with Crippen LogP contribution in [0.1, 0.15) is 322 Å². The number of aliphatic hydroxyl groups is 2. The maximum absolute atomic E-state index is 12.5. The van der Waals surface area contributed by atoms with Crippen molar-refractivity contribution in [1.29, 1.82) is 0 Å². The highest BCUT2D eigenvalue weighted by Gasteiger charge is 2.18. The van der Waals surface area contributed by atoms with E-state index in [0.717, 1.165) is 116 Å². The van der Waals surface area contributed by atoms with E-state index in [1.54, 1.807) is 6.08 Å². The Kier molecular flexibility index (Phi) is 69.8. The number of allylic oxidation sites excluding steroid dienone is 25. The van der Waals surface area contributed by atoms with Crippen LogP contribution in [0.2, 0.25) is 0 Å². The molecule has 84 heavy (non-hydrogen) atoms. The zero-order valence-electron chi connectivity index (χ0n) is 55.1. The van der Waals surface area contributed by atoms with Crippen molar-refractivity contribution in [3.8, 4) is 0 Å². The monoisotopic (exact) mass is 1160 g/mol. The standard InChI is InChI=1S/C80H135NO3/c1-3-5-7-9-11-13-15-17-19-21-23-25-27-29-31-33-35-36-37-38-39-40-41-42-43-44-46-48-50-52-54-56-58-60-62-64-66-68-70-72-74-76-80(84)81-78(77-82)79(83)75-73-71-69-67-65-63-61-59-57-55-53-51-49-47-45-34-32-30-28-26-24-22-20-18-16-14-12-10-8-6-4-2/h5,7,11,13,17,19,23,25,29,31,35-36,38-39,41-42,44,46,50,52,56,58,65,67,73,75,78-79,82-83H,3-4,6,8-10,12,14-16,18,20-22,24,26-28,30,32-34,37,40,43,45,47-49,51,53-55,57,59-64,66,68-72,74,76-77H2,1-2H3,(H,81,84)/b7-5-,13-11-,19-17-,25-23-,31-29-,36-35-,39-38-,42-41-,46-44-,52-50-,58-56-,67-65+,75-73+. The minimum atomic E-state index is -0.880. The van der Waals surface area contributed by atoms with Gasteiger partial charge in [-0.1, -0.05) is 358 Å². The number of aliphatic hydroxyl groups excluding tert-OH is 2. The summed E-state index contributed by atoms with van der Waals surface area (Å²) < 4.78 is 0. The van der Waals surface area contributed by atoms with Crippen LogP contribution in [0.25, 0.3) is 0 Å². The summed E-state index contributed by atoms with van der Waals surface area (Å²) in [4.78, 5) is 12.5. The lowest BCUT2D eigenvalue weighted by atomic mass is 10.0. The van der Waals surface area contributed by atoms with Crippen molar-refractivity contribution in [2.75, 3.05) is 6.61 Å². The lowest BCUT2D eigenvalue weighted by Gasteiger charge is -2.19. The van der Waals surface area contributed by atoms with E-state index >= 15 is 0 Å². The summed E-state index contributed by atoms with van der Waals surface area (Å²) >= 11 is 0. The molecule has 0 spiro atoms. The van der Waals surface area contributed by atoms with Gasteiger partial charge in [-0.25, -0.2) is 0 Å². The molecule has 0 aliphatic heterocycles. The molecule has 4 heteroatoms. The van der Waals surface area contributed by atoms with Gasteiger partial charge in [0.1, 0.15) is 0 Å². The fraction of sp³-hybridized carbons (Fsp3) is 0.662. The van der Waals surface area contributed by atoms with E-state index in [-0.39, 0.29) is 12.5 Å². The van der Waals surface area contributed by atoms with Crippen molar-refractivity contribution < 1.29 is 15.0 Å². The van der Waals surface area contributed by atoms with E-state index in [2.05, 4.69) is 165 Å². The zero-order chi connectivity index (χ0) is 60.5. The molecule has 0 saturated heterocycles. The summed E-state index contributed by atoms with van der Waals surface area (Å²) in [5.74, 6) is -0.0883. The van der Waals surface area contributed by atoms with Crippen molar-refractivity contribution in [2.24, 2.45) is 0 Å². The number of amides is 1. The largest absolute Gasteiger partial charge is 0.394 e. The van der Waals surface area contributed by atoms with E-state index < -0.39 is 12.1 Å². The number of unbranched alkanes of at least 4 members (excludes halogenated alkanes) is 33. The Balaban J connectivity index is 3.62. The predicted octanol–water partition coefficient (Wildman–Crippen LogP) is 24.8. The highest BCUT2D eigenvalue weighted by molar-refractivity contribution is 5.76. The van der Waals surface area contributed by atoms with Crippen LogP contribution in [-0.4, -0.2) is 34.9 Å². The minimum Gasteiger partial charge on any atom is -0.394 e. The van der Waals surface area contributed by atoms with Gasteiger partial charge in [0, 0.05) is 6.42 Å². The maximum Gasteiger partial charge on any atom is 0.220 e. The van der Waals surface area contributed by atoms with Crippen LogP contribution >= 0.6 is 0 Å². The summed E-state index contributed by atoms with van der Waals surface area (Å²) in [7, 11) is 0. The molecule has 0 aliphatic rings. The molecular formula is C80H135NO3. The molecule has 2 unspecified atom stereocenters. The lowest BCUT2D eigenvalue weighted by molar-refractivity contribution is -0.123. The van der Waals surface area contributed by atoms with Crippen LogP contribution in [-0.2, 0) is 4.79 Å². The number of rotatable bonds is 64. The topological polar surface area (TPSA) is 69.6 Å². The maximum atomic E-state index is 12.5. The second kappa shape index (κ2) is 73.3. The van der Waals surface area contributed by atoms with Crippen molar-refractivity contribution in [1.82, 2.24) is 5.32 Å². The highest BCUT2D eigenvalue weighted by Crippen LogP contribution is 2.17. The van der Waals surface area contributed by atoms with Crippen molar-refractivity contribution >= 4 is 5.91 Å². The molecule has 0 aromatic rings. The summed E-state index contributed by atoms with van der Waals surface area (Å²) in [6.45, 7) is 4.20. The van der Waals surface area contributed by atoms with E-state index in [0.29, 0.717) is 6.42 Å². The van der Waals surface area contributed by atoms with Gasteiger partial charge in [-0.3, -0.25) is 4.79 Å². The van der Waals surface area contributed by atoms with Crippen LogP contribution in [0, 0.1) is 0 Å². The molecule has 0 aromatic carbocycles. The number of carbonyl (C=O) groups excluding carboxylic acids is 1. The average Bonchev–Trinajstić information content (AvgIpc) is 3.51. The Hall–Kier alpha value is -3.99. The minimum absolute atomic E-state index is 0.0883. The molecule has 4 nitrogen and oxygen atoms in total. The average molecular weight is 1160 g/mol. The number of hydrogen-bond acceptors (Lipinski definition) is 3. The van der Waals surface area contributed by atoms with Gasteiger partial charge in [0.2, 0.25) is 5.91 Å². The van der Waals surface area contributed by atoms with E-state index in [4.69, 9.17) is 0 Å². The fourth-order valence-corrected chi connectivity index (χ4v) is 10.1. The van der Waals surface area contributed by atoms with Gasteiger partial charge in [0.05, 0.1) is 18.8 Å². The van der Waals surface area contributed by atoms with Crippen molar-refractivity contribution in [3.63, 3.8) is 0 Å². The lowest BCUT2D eigenvalue weighted by Crippen LogP contribution is -2.45. The Bertz CT molecular complexity index is 1750. The molecule has 478 valence electrons. The second-order valence-electron chi connectivity index (χ2n) is 23.6. The Labute approximate surface area is 522 Å². The van der Waals surface area contributed by atoms with Gasteiger partial charge in [-0.2, -0.15) is 0 Å². The molecule has 3 N–H and O–H groups in total. The first-order valence-electron chi connectivity index (χ1n) is 35.7. The molecule has 0 aliphatic carbocycles. The van der Waals surface area contributed by atoms with Crippen LogP contribution in [0.4, 0.5) is 0 Å². The Morgan fingerprint density at radius 3 is 0.833 bits per heavy atom. The van der Waals surface area contributed by atoms with Crippen LogP contribution < -0.4 is 5.32 Å². The third-order valence-electron chi connectivity index (χ3n) is 15.5. The van der Waals surface area contributed by atoms with Crippen LogP contribution in [0.15, 0.2) is 158 Å². The van der Waals surface area contributed by atoms with E-state index in [9.17, 15) is 15.0 Å². The summed E-state index contributed by atoms with van der Waals surface area (Å²) in [5, 5.41) is 23.3. The van der Waals surface area contributed by atoms with Crippen LogP contribution in [0.5, 0.6) is 0 Å². The van der Waals surface area contributed by atoms with Crippen LogP contribution in [0.3, 0.4) is 0 Å². The molecular weight excluding hydrogens is 1020 g/mol. The van der Waals surface area contributed by atoms with Gasteiger partial charge in [0.15, 0.2) is 0 Å². The van der Waals surface area contributed by atoms with Gasteiger partial charge in [-0.15, -0.1) is 0 Å². The smallest absolute Gasteiger partial charge is 0.220 e. The van der Waals surface area contributed by atoms with Crippen molar-refractivity contribution in [3.05, 3.63) is 158 Å². The van der Waals surface area contributed by atoms with E-state index in [1.165, 1.54) is 186 Å². The third kappa shape index (κ3) is 68.8. The molecule has 0 saturated carbocycles. The molecule has 0 rings (SSSR count). The number of nitrogens with one attached hydrogen (secondary N) is 1. The molecule has 0 heterocycles. The first-order chi connectivity index (χ1) is 41.7. The van der Waals surface area contributed by atoms with Gasteiger partial charge >= 0.3 is 0 Å². The third-order valence-corrected chi connectivity index (χ3v) is 15.5. The van der Waals surface area contributed by atoms with E-state index in [1.807, 2.05) is 6.08 Å². The predicted molar refractivity (Wildman–Crippen MR) is 377 cm³/mol. The quantitative estimate of drug-likeness (QED) is 0.0420. The van der Waals surface area contributed by atoms with Gasteiger partial charge in [0.25, 0.3) is 0 Å². The number of hydrogen-bond donors (Lipinski definition) is 3. The van der Waals surface area contributed by atoms with Crippen molar-refractivity contribution in [2.45, 2.75) is 334 Å². The SMILES string of the molecule is CC/C=C\C/C=C\C/C=C\C/C=C\C/C=C\C/C=C\C/C=C\C/C=C\C/C=C\C/C=C\C/C=C\CCCCCCCCCC(=O)NC(CO)C(O)/C=C/CC/C=C/CCCCCCCCCCCCCCCCCCCCCCCCCCC. The highest BCUT2D eigenvalue weighted by atomic mass is 16.3. The summed E-state index contributed by atoms with van der Waals surface area (Å²) in [5.41, 5.74) is 0. The normalized spacial score (nSPS) is 13.7. The summed E-state index contributed by atoms with van der Waals surface area (Å²) in [6, 6.07) is -0.659. The van der Waals surface area contributed by atoms with Gasteiger partial charge < -0.3 is 15.5 Å². The molecule has 0 radical (unpaired) electrons. The fourth-order valence-electron chi connectivity index (χ4n) is 10.1. The molecule has 0 aromatic heterocycles.